The van der Waals surface area contributed by atoms with E-state index >= 15 is 0 Å². The molecule has 2 aromatic rings. The minimum Gasteiger partial charge on any atom is -0.371 e. The Labute approximate surface area is 185 Å². The second-order valence-electron chi connectivity index (χ2n) is 7.53. The fourth-order valence-corrected chi connectivity index (χ4v) is 3.82. The van der Waals surface area contributed by atoms with E-state index in [0.717, 1.165) is 37.7 Å². The molecule has 0 unspecified atom stereocenters. The van der Waals surface area contributed by atoms with Gasteiger partial charge < -0.3 is 20.4 Å². The van der Waals surface area contributed by atoms with Crippen LogP contribution in [0.3, 0.4) is 0 Å². The molecule has 3 rings (SSSR count). The predicted octanol–water partition coefficient (Wildman–Crippen LogP) is 5.43. The van der Waals surface area contributed by atoms with Gasteiger partial charge in [0.25, 0.3) is 5.91 Å². The van der Waals surface area contributed by atoms with Crippen molar-refractivity contribution in [2.45, 2.75) is 32.9 Å². The fraction of sp³-hybridized carbons (Fsp3) is 0.391. The smallest absolute Gasteiger partial charge is 0.371 e. The van der Waals surface area contributed by atoms with Crippen LogP contribution in [0.4, 0.5) is 35.0 Å². The summed E-state index contributed by atoms with van der Waals surface area (Å²) in [7, 11) is 0. The molecule has 1 saturated heterocycles. The number of carbonyl (C=O) groups is 2. The van der Waals surface area contributed by atoms with Gasteiger partial charge in [0.05, 0.1) is 16.8 Å². The normalized spacial score (nSPS) is 13.7. The number of amides is 3. The van der Waals surface area contributed by atoms with Crippen molar-refractivity contribution < 1.29 is 22.8 Å². The molecular formula is C23H27F3N4O2. The molecule has 0 spiro atoms. The summed E-state index contributed by atoms with van der Waals surface area (Å²) in [6.07, 6.45) is -2.51. The highest BCUT2D eigenvalue weighted by atomic mass is 19.4. The number of carbonyl (C=O) groups excluding carboxylic acids is 2. The minimum absolute atomic E-state index is 0.150. The lowest BCUT2D eigenvalue weighted by Crippen LogP contribution is -2.32. The number of urea groups is 1. The van der Waals surface area contributed by atoms with Gasteiger partial charge >= 0.3 is 12.2 Å². The molecule has 1 aliphatic rings. The van der Waals surface area contributed by atoms with Crippen molar-refractivity contribution in [1.29, 1.82) is 0 Å². The highest BCUT2D eigenvalue weighted by Crippen LogP contribution is 2.35. The summed E-state index contributed by atoms with van der Waals surface area (Å²) in [5.74, 6) is -0.150. The molecule has 1 heterocycles. The molecule has 0 aliphatic carbocycles. The van der Waals surface area contributed by atoms with Crippen molar-refractivity contribution in [3.05, 3.63) is 53.6 Å². The zero-order chi connectivity index (χ0) is 23.3. The molecule has 9 heteroatoms. The Bertz CT molecular complexity index is 968. The standard InChI is InChI=1S/C23H27F3N4O2/c1-3-29(4-2)21(31)17-15-16(11-12-20(17)30-13-7-8-14-30)27-22(32)28-19-10-6-5-9-18(19)23(24,25)26/h5-6,9-12,15H,3-4,7-8,13-14H2,1-2H3,(H2,27,28,32). The molecule has 2 N–H and O–H groups in total. The molecule has 0 bridgehead atoms. The molecule has 172 valence electrons. The zero-order valence-electron chi connectivity index (χ0n) is 18.1. The molecule has 1 fully saturated rings. The largest absolute Gasteiger partial charge is 0.418 e. The number of nitrogens with one attached hydrogen (secondary N) is 2. The molecule has 1 aliphatic heterocycles. The molecular weight excluding hydrogens is 421 g/mol. The fourth-order valence-electron chi connectivity index (χ4n) is 3.82. The van der Waals surface area contributed by atoms with E-state index in [1.807, 2.05) is 13.8 Å². The Balaban J connectivity index is 1.85. The summed E-state index contributed by atoms with van der Waals surface area (Å²) >= 11 is 0. The van der Waals surface area contributed by atoms with Crippen LogP contribution in [-0.2, 0) is 6.18 Å². The van der Waals surface area contributed by atoms with Crippen LogP contribution < -0.4 is 15.5 Å². The van der Waals surface area contributed by atoms with Crippen LogP contribution >= 0.6 is 0 Å². The second-order valence-corrected chi connectivity index (χ2v) is 7.53. The number of alkyl halides is 3. The van der Waals surface area contributed by atoms with Crippen LogP contribution in [0.25, 0.3) is 0 Å². The van der Waals surface area contributed by atoms with Crippen molar-refractivity contribution in [3.63, 3.8) is 0 Å². The summed E-state index contributed by atoms with van der Waals surface area (Å²) in [4.78, 5) is 29.4. The molecule has 3 amide bonds. The van der Waals surface area contributed by atoms with E-state index in [2.05, 4.69) is 15.5 Å². The van der Waals surface area contributed by atoms with Crippen molar-refractivity contribution in [3.8, 4) is 0 Å². The van der Waals surface area contributed by atoms with E-state index in [-0.39, 0.29) is 11.6 Å². The third kappa shape index (κ3) is 5.33. The molecule has 0 radical (unpaired) electrons. The van der Waals surface area contributed by atoms with E-state index in [1.54, 1.807) is 23.1 Å². The van der Waals surface area contributed by atoms with Crippen LogP contribution in [0.5, 0.6) is 0 Å². The van der Waals surface area contributed by atoms with Gasteiger partial charge in [-0.2, -0.15) is 13.2 Å². The summed E-state index contributed by atoms with van der Waals surface area (Å²) in [5, 5.41) is 4.80. The van der Waals surface area contributed by atoms with Crippen LogP contribution in [0.2, 0.25) is 0 Å². The molecule has 32 heavy (non-hydrogen) atoms. The Morgan fingerprint density at radius 1 is 1.00 bits per heavy atom. The van der Waals surface area contributed by atoms with Crippen LogP contribution in [-0.4, -0.2) is 43.0 Å². The van der Waals surface area contributed by atoms with E-state index in [9.17, 15) is 22.8 Å². The van der Waals surface area contributed by atoms with Crippen LogP contribution in [0.15, 0.2) is 42.5 Å². The van der Waals surface area contributed by atoms with Crippen LogP contribution in [0.1, 0.15) is 42.6 Å². The lowest BCUT2D eigenvalue weighted by atomic mass is 10.1. The highest BCUT2D eigenvalue weighted by Gasteiger charge is 2.33. The van der Waals surface area contributed by atoms with Crippen molar-refractivity contribution in [1.82, 2.24) is 4.90 Å². The van der Waals surface area contributed by atoms with Crippen LogP contribution in [0, 0.1) is 0 Å². The lowest BCUT2D eigenvalue weighted by molar-refractivity contribution is -0.136. The number of nitrogens with zero attached hydrogens (tertiary/aromatic N) is 2. The van der Waals surface area contributed by atoms with Gasteiger partial charge in [-0.3, -0.25) is 4.79 Å². The Morgan fingerprint density at radius 3 is 2.28 bits per heavy atom. The average molecular weight is 448 g/mol. The molecule has 2 aromatic carbocycles. The maximum Gasteiger partial charge on any atom is 0.418 e. The first-order valence-electron chi connectivity index (χ1n) is 10.7. The Kier molecular flexibility index (Phi) is 7.27. The average Bonchev–Trinajstić information content (AvgIpc) is 3.28. The van der Waals surface area contributed by atoms with Gasteiger partial charge in [-0.05, 0) is 57.0 Å². The van der Waals surface area contributed by atoms with Gasteiger partial charge in [-0.25, -0.2) is 4.79 Å². The van der Waals surface area contributed by atoms with Crippen molar-refractivity contribution in [2.75, 3.05) is 41.7 Å². The van der Waals surface area contributed by atoms with E-state index in [4.69, 9.17) is 0 Å². The first kappa shape index (κ1) is 23.4. The predicted molar refractivity (Wildman–Crippen MR) is 119 cm³/mol. The first-order valence-corrected chi connectivity index (χ1v) is 10.7. The summed E-state index contributed by atoms with van der Waals surface area (Å²) in [6, 6.07) is 8.96. The van der Waals surface area contributed by atoms with Crippen molar-refractivity contribution >= 4 is 29.0 Å². The molecule has 6 nitrogen and oxygen atoms in total. The van der Waals surface area contributed by atoms with Gasteiger partial charge in [-0.15, -0.1) is 0 Å². The topological polar surface area (TPSA) is 64.7 Å². The number of hydrogen-bond donors (Lipinski definition) is 2. The number of benzene rings is 2. The second kappa shape index (κ2) is 9.93. The molecule has 0 atom stereocenters. The number of para-hydroxylation sites is 1. The quantitative estimate of drug-likeness (QED) is 0.619. The third-order valence-corrected chi connectivity index (χ3v) is 5.46. The van der Waals surface area contributed by atoms with Gasteiger partial charge in [0.2, 0.25) is 0 Å². The summed E-state index contributed by atoms with van der Waals surface area (Å²) in [6.45, 7) is 6.57. The summed E-state index contributed by atoms with van der Waals surface area (Å²) in [5.41, 5.74) is 0.310. The van der Waals surface area contributed by atoms with Gasteiger partial charge in [-0.1, -0.05) is 12.1 Å². The minimum atomic E-state index is -4.59. The highest BCUT2D eigenvalue weighted by molar-refractivity contribution is 6.04. The maximum atomic E-state index is 13.2. The van der Waals surface area contributed by atoms with E-state index in [0.29, 0.717) is 24.3 Å². The SMILES string of the molecule is CCN(CC)C(=O)c1cc(NC(=O)Nc2ccccc2C(F)(F)F)ccc1N1CCCC1. The van der Waals surface area contributed by atoms with E-state index < -0.39 is 17.8 Å². The Morgan fingerprint density at radius 2 is 1.66 bits per heavy atom. The maximum absolute atomic E-state index is 13.2. The first-order chi connectivity index (χ1) is 15.2. The van der Waals surface area contributed by atoms with Gasteiger partial charge in [0.1, 0.15) is 0 Å². The zero-order valence-corrected chi connectivity index (χ0v) is 18.1. The number of rotatable bonds is 6. The molecule has 0 aromatic heterocycles. The number of hydrogen-bond acceptors (Lipinski definition) is 3. The van der Waals surface area contributed by atoms with Gasteiger partial charge in [0, 0.05) is 37.6 Å². The van der Waals surface area contributed by atoms with Crippen molar-refractivity contribution in [2.24, 2.45) is 0 Å². The lowest BCUT2D eigenvalue weighted by Gasteiger charge is -2.25. The van der Waals surface area contributed by atoms with E-state index in [1.165, 1.54) is 18.2 Å². The van der Waals surface area contributed by atoms with Gasteiger partial charge in [0.15, 0.2) is 0 Å². The summed E-state index contributed by atoms with van der Waals surface area (Å²) < 4.78 is 39.6. The molecule has 0 saturated carbocycles. The number of halogens is 3. The monoisotopic (exact) mass is 448 g/mol. The number of anilines is 3. The Hall–Kier alpha value is -3.23. The third-order valence-electron chi connectivity index (χ3n) is 5.46.